The molecule has 1 unspecified atom stereocenters. The van der Waals surface area contributed by atoms with Crippen molar-refractivity contribution in [1.82, 2.24) is 5.32 Å². The summed E-state index contributed by atoms with van der Waals surface area (Å²) in [5.41, 5.74) is 7.16. The van der Waals surface area contributed by atoms with E-state index in [9.17, 15) is 36.3 Å². The normalized spacial score (nSPS) is 16.5. The average molecular weight is 587 g/mol. The van der Waals surface area contributed by atoms with Crippen LogP contribution in [0.3, 0.4) is 0 Å². The maximum Gasteiger partial charge on any atom is 0.389 e. The van der Waals surface area contributed by atoms with Crippen LogP contribution in [0.4, 0.5) is 27.6 Å². The number of benzodiazepines with no additional fused rings is 1. The van der Waals surface area contributed by atoms with Crippen molar-refractivity contribution in [3.63, 3.8) is 0 Å². The molecule has 3 aromatic carbocycles. The van der Waals surface area contributed by atoms with Crippen LogP contribution in [0.1, 0.15) is 53.0 Å². The van der Waals surface area contributed by atoms with Crippen LogP contribution < -0.4 is 16.4 Å². The second kappa shape index (κ2) is 12.5. The second-order valence-corrected chi connectivity index (χ2v) is 9.85. The largest absolute Gasteiger partial charge is 0.389 e. The Labute approximate surface area is 238 Å². The smallest absolute Gasteiger partial charge is 0.369 e. The van der Waals surface area contributed by atoms with Crippen LogP contribution in [0.15, 0.2) is 77.8 Å². The van der Waals surface area contributed by atoms with Gasteiger partial charge < -0.3 is 16.4 Å². The van der Waals surface area contributed by atoms with Crippen molar-refractivity contribution in [3.8, 4) is 0 Å². The molecule has 3 aromatic rings. The molecular formula is C30H27F5N4O3. The third-order valence-corrected chi connectivity index (χ3v) is 6.92. The van der Waals surface area contributed by atoms with Crippen molar-refractivity contribution in [2.75, 3.05) is 5.32 Å². The standard InChI is InChI=1S/C30H27F5N4O3/c1-16-7-5-12-21-23(16)38-29(42)27(37-24(21)18-10-6-11-19(15-18)25(31)32)39-28(41)20(13-14-30(33,34)35)22(26(36)40)17-8-3-2-4-9-17/h2-12,15,20,22,25,27H,13-14H2,1H3,(H2,36,40)(H,38,42)(H,39,41)/t20-,22+,27?/m1/s1. The molecule has 220 valence electrons. The fourth-order valence-electron chi connectivity index (χ4n) is 4.89. The van der Waals surface area contributed by atoms with Crippen LogP contribution in [-0.4, -0.2) is 35.8 Å². The number of primary amides is 1. The Hall–Kier alpha value is -4.61. The molecule has 3 atom stereocenters. The van der Waals surface area contributed by atoms with E-state index < -0.39 is 61.2 Å². The molecule has 0 saturated heterocycles. The molecule has 42 heavy (non-hydrogen) atoms. The molecule has 1 heterocycles. The Kier molecular flexibility index (Phi) is 9.03. The summed E-state index contributed by atoms with van der Waals surface area (Å²) in [6.07, 6.45) is -11.3. The summed E-state index contributed by atoms with van der Waals surface area (Å²) in [6, 6.07) is 18.0. The molecule has 4 N–H and O–H groups in total. The lowest BCUT2D eigenvalue weighted by Gasteiger charge is -2.26. The molecule has 1 aliphatic rings. The van der Waals surface area contributed by atoms with Crippen LogP contribution in [0.5, 0.6) is 0 Å². The van der Waals surface area contributed by atoms with Gasteiger partial charge in [0.2, 0.25) is 18.0 Å². The fraction of sp³-hybridized carbons (Fsp3) is 0.267. The van der Waals surface area contributed by atoms with E-state index >= 15 is 0 Å². The van der Waals surface area contributed by atoms with Gasteiger partial charge in [0.05, 0.1) is 23.2 Å². The van der Waals surface area contributed by atoms with Crippen molar-refractivity contribution in [1.29, 1.82) is 0 Å². The van der Waals surface area contributed by atoms with Crippen LogP contribution in [0, 0.1) is 12.8 Å². The Morgan fingerprint density at radius 3 is 2.31 bits per heavy atom. The molecule has 0 spiro atoms. The number of amides is 3. The Morgan fingerprint density at radius 1 is 1.00 bits per heavy atom. The number of nitrogens with zero attached hydrogens (tertiary/aromatic N) is 1. The summed E-state index contributed by atoms with van der Waals surface area (Å²) in [5.74, 6) is -5.94. The molecule has 0 saturated carbocycles. The third kappa shape index (κ3) is 6.99. The Bertz CT molecular complexity index is 1510. The van der Waals surface area contributed by atoms with Gasteiger partial charge >= 0.3 is 6.18 Å². The van der Waals surface area contributed by atoms with Crippen LogP contribution in [0.25, 0.3) is 0 Å². The highest BCUT2D eigenvalue weighted by molar-refractivity contribution is 6.20. The first-order valence-corrected chi connectivity index (χ1v) is 12.9. The number of alkyl halides is 5. The zero-order valence-electron chi connectivity index (χ0n) is 22.3. The number of hydrogen-bond donors (Lipinski definition) is 3. The zero-order chi connectivity index (χ0) is 30.6. The highest BCUT2D eigenvalue weighted by atomic mass is 19.4. The molecule has 4 rings (SSSR count). The molecule has 1 aliphatic heterocycles. The monoisotopic (exact) mass is 586 g/mol. The first kappa shape index (κ1) is 30.4. The number of nitrogens with two attached hydrogens (primary N) is 1. The van der Waals surface area contributed by atoms with Gasteiger partial charge in [-0.3, -0.25) is 14.4 Å². The number of para-hydroxylation sites is 1. The summed E-state index contributed by atoms with van der Waals surface area (Å²) in [4.78, 5) is 43.8. The lowest BCUT2D eigenvalue weighted by molar-refractivity contribution is -0.144. The van der Waals surface area contributed by atoms with Crippen LogP contribution in [0.2, 0.25) is 0 Å². The fourth-order valence-corrected chi connectivity index (χ4v) is 4.89. The van der Waals surface area contributed by atoms with E-state index in [0.717, 1.165) is 0 Å². The zero-order valence-corrected chi connectivity index (χ0v) is 22.3. The Balaban J connectivity index is 1.77. The topological polar surface area (TPSA) is 114 Å². The summed E-state index contributed by atoms with van der Waals surface area (Å²) in [6.45, 7) is 1.70. The molecule has 0 bridgehead atoms. The predicted molar refractivity (Wildman–Crippen MR) is 146 cm³/mol. The summed E-state index contributed by atoms with van der Waals surface area (Å²) in [5, 5.41) is 5.05. The minimum atomic E-state index is -4.64. The lowest BCUT2D eigenvalue weighted by Crippen LogP contribution is -2.47. The molecule has 3 amide bonds. The van der Waals surface area contributed by atoms with Gasteiger partial charge in [-0.1, -0.05) is 66.7 Å². The van der Waals surface area contributed by atoms with Crippen molar-refractivity contribution in [2.24, 2.45) is 16.6 Å². The summed E-state index contributed by atoms with van der Waals surface area (Å²) < 4.78 is 66.8. The van der Waals surface area contributed by atoms with E-state index in [0.29, 0.717) is 16.8 Å². The maximum atomic E-state index is 13.6. The summed E-state index contributed by atoms with van der Waals surface area (Å²) in [7, 11) is 0. The predicted octanol–water partition coefficient (Wildman–Crippen LogP) is 5.39. The van der Waals surface area contributed by atoms with Gasteiger partial charge in [-0.05, 0) is 30.5 Å². The number of rotatable bonds is 9. The Morgan fingerprint density at radius 2 is 1.67 bits per heavy atom. The third-order valence-electron chi connectivity index (χ3n) is 6.92. The molecule has 0 aromatic heterocycles. The van der Waals surface area contributed by atoms with Gasteiger partial charge in [0, 0.05) is 23.1 Å². The number of carbonyl (C=O) groups is 3. The number of anilines is 1. The van der Waals surface area contributed by atoms with E-state index in [-0.39, 0.29) is 22.4 Å². The molecule has 7 nitrogen and oxygen atoms in total. The van der Waals surface area contributed by atoms with E-state index in [1.54, 1.807) is 43.3 Å². The van der Waals surface area contributed by atoms with Crippen molar-refractivity contribution >= 4 is 29.1 Å². The van der Waals surface area contributed by atoms with Gasteiger partial charge in [-0.25, -0.2) is 13.8 Å². The molecular weight excluding hydrogens is 559 g/mol. The number of carbonyl (C=O) groups excluding carboxylic acids is 3. The SMILES string of the molecule is Cc1cccc2c1NC(=O)C(NC(=O)[C@H](CCC(F)(F)F)[C@@H](C(N)=O)c1ccccc1)N=C2c1cccc(C(F)F)c1. The highest BCUT2D eigenvalue weighted by Gasteiger charge is 2.39. The van der Waals surface area contributed by atoms with Gasteiger partial charge in [-0.2, -0.15) is 13.2 Å². The maximum absolute atomic E-state index is 13.6. The summed E-state index contributed by atoms with van der Waals surface area (Å²) >= 11 is 0. The number of aryl methyl sites for hydroxylation is 1. The first-order chi connectivity index (χ1) is 19.9. The second-order valence-electron chi connectivity index (χ2n) is 9.85. The van der Waals surface area contributed by atoms with Gasteiger partial charge in [0.1, 0.15) is 0 Å². The van der Waals surface area contributed by atoms with Gasteiger partial charge in [0.25, 0.3) is 12.3 Å². The van der Waals surface area contributed by atoms with Crippen molar-refractivity contribution in [3.05, 3.63) is 101 Å². The number of fused-ring (bicyclic) bond motifs is 1. The number of hydrogen-bond acceptors (Lipinski definition) is 4. The molecule has 12 heteroatoms. The van der Waals surface area contributed by atoms with Gasteiger partial charge in [0.15, 0.2) is 0 Å². The van der Waals surface area contributed by atoms with Gasteiger partial charge in [-0.15, -0.1) is 0 Å². The molecule has 0 radical (unpaired) electrons. The van der Waals surface area contributed by atoms with Crippen molar-refractivity contribution in [2.45, 2.75) is 44.5 Å². The first-order valence-electron chi connectivity index (χ1n) is 12.9. The number of aliphatic imine (C=N–C) groups is 1. The lowest BCUT2D eigenvalue weighted by atomic mass is 9.81. The van der Waals surface area contributed by atoms with Crippen molar-refractivity contribution < 1.29 is 36.3 Å². The average Bonchev–Trinajstić information content (AvgIpc) is 3.07. The highest BCUT2D eigenvalue weighted by Crippen LogP contribution is 2.34. The molecule has 0 fully saturated rings. The minimum Gasteiger partial charge on any atom is -0.369 e. The minimum absolute atomic E-state index is 0.0983. The number of benzene rings is 3. The van der Waals surface area contributed by atoms with Crippen LogP contribution in [-0.2, 0) is 14.4 Å². The van der Waals surface area contributed by atoms with E-state index in [2.05, 4.69) is 15.6 Å². The van der Waals surface area contributed by atoms with E-state index in [1.807, 2.05) is 0 Å². The van der Waals surface area contributed by atoms with Crippen LogP contribution >= 0.6 is 0 Å². The number of halogens is 5. The van der Waals surface area contributed by atoms with E-state index in [4.69, 9.17) is 5.73 Å². The van der Waals surface area contributed by atoms with E-state index in [1.165, 1.54) is 36.4 Å². The molecule has 0 aliphatic carbocycles. The number of nitrogens with one attached hydrogen (secondary N) is 2. The quantitative estimate of drug-likeness (QED) is 0.292.